The summed E-state index contributed by atoms with van der Waals surface area (Å²) in [6.45, 7) is 7.80. The van der Waals surface area contributed by atoms with Gasteiger partial charge in [-0.05, 0) is 6.92 Å². The first-order chi connectivity index (χ1) is 7.00. The van der Waals surface area contributed by atoms with E-state index in [0.29, 0.717) is 17.5 Å². The van der Waals surface area contributed by atoms with Crippen molar-refractivity contribution in [3.63, 3.8) is 0 Å². The van der Waals surface area contributed by atoms with E-state index in [1.807, 2.05) is 20.8 Å². The van der Waals surface area contributed by atoms with Gasteiger partial charge in [-0.3, -0.25) is 0 Å². The molecule has 0 aliphatic rings. The van der Waals surface area contributed by atoms with E-state index in [1.165, 1.54) is 0 Å². The zero-order valence-corrected chi connectivity index (χ0v) is 10.4. The van der Waals surface area contributed by atoms with Crippen molar-refractivity contribution in [2.45, 2.75) is 50.7 Å². The summed E-state index contributed by atoms with van der Waals surface area (Å²) in [7, 11) is 0. The van der Waals surface area contributed by atoms with Crippen molar-refractivity contribution in [3.8, 4) is 0 Å². The third-order valence-electron chi connectivity index (χ3n) is 2.13. The summed E-state index contributed by atoms with van der Waals surface area (Å²) in [5.74, 6) is 2.33. The maximum atomic E-state index is 9.31. The van der Waals surface area contributed by atoms with Gasteiger partial charge in [0.25, 0.3) is 0 Å². The van der Waals surface area contributed by atoms with Crippen molar-refractivity contribution >= 4 is 11.8 Å². The molecule has 1 N–H and O–H groups in total. The smallest absolute Gasteiger partial charge is 0.229 e. The summed E-state index contributed by atoms with van der Waals surface area (Å²) in [5, 5.41) is 13.4. The lowest BCUT2D eigenvalue weighted by Crippen LogP contribution is -2.15. The Morgan fingerprint density at radius 1 is 1.33 bits per heavy atom. The topological polar surface area (TPSA) is 59.2 Å². The minimum absolute atomic E-state index is 0.186. The monoisotopic (exact) mass is 230 g/mol. The lowest BCUT2D eigenvalue weighted by atomic mass is 10.2. The number of aliphatic hydroxyl groups excluding tert-OH is 1. The SMILES string of the molecule is CC(C)c1nc(CSC(C)C(C)O)no1. The van der Waals surface area contributed by atoms with Crippen LogP contribution in [0.15, 0.2) is 4.52 Å². The molecule has 2 atom stereocenters. The number of thioether (sulfide) groups is 1. The Kier molecular flexibility index (Phi) is 4.60. The molecule has 4 nitrogen and oxygen atoms in total. The highest BCUT2D eigenvalue weighted by Gasteiger charge is 2.13. The second-order valence-electron chi connectivity index (χ2n) is 3.96. The van der Waals surface area contributed by atoms with Gasteiger partial charge in [0, 0.05) is 11.2 Å². The minimum atomic E-state index is -0.313. The third-order valence-corrected chi connectivity index (χ3v) is 3.48. The van der Waals surface area contributed by atoms with E-state index in [1.54, 1.807) is 18.7 Å². The van der Waals surface area contributed by atoms with E-state index in [4.69, 9.17) is 4.52 Å². The van der Waals surface area contributed by atoms with Crippen LogP contribution in [0.2, 0.25) is 0 Å². The van der Waals surface area contributed by atoms with Gasteiger partial charge in [-0.2, -0.15) is 4.98 Å². The normalized spacial score (nSPS) is 15.6. The average molecular weight is 230 g/mol. The fourth-order valence-corrected chi connectivity index (χ4v) is 1.71. The van der Waals surface area contributed by atoms with Gasteiger partial charge in [0.2, 0.25) is 5.89 Å². The Morgan fingerprint density at radius 2 is 2.00 bits per heavy atom. The highest BCUT2D eigenvalue weighted by Crippen LogP contribution is 2.19. The van der Waals surface area contributed by atoms with Gasteiger partial charge >= 0.3 is 0 Å². The van der Waals surface area contributed by atoms with Crippen LogP contribution in [0.25, 0.3) is 0 Å². The molecule has 0 amide bonds. The van der Waals surface area contributed by atoms with Crippen LogP contribution in [0.5, 0.6) is 0 Å². The maximum Gasteiger partial charge on any atom is 0.229 e. The zero-order chi connectivity index (χ0) is 11.4. The Balaban J connectivity index is 2.44. The molecule has 5 heteroatoms. The van der Waals surface area contributed by atoms with Crippen LogP contribution in [-0.4, -0.2) is 26.6 Å². The molecule has 15 heavy (non-hydrogen) atoms. The van der Waals surface area contributed by atoms with Crippen LogP contribution in [0, 0.1) is 0 Å². The summed E-state index contributed by atoms with van der Waals surface area (Å²) in [4.78, 5) is 4.26. The van der Waals surface area contributed by atoms with Crippen LogP contribution in [-0.2, 0) is 5.75 Å². The fraction of sp³-hybridized carbons (Fsp3) is 0.800. The van der Waals surface area contributed by atoms with Crippen LogP contribution in [0.1, 0.15) is 45.3 Å². The van der Waals surface area contributed by atoms with Crippen molar-refractivity contribution in [1.29, 1.82) is 0 Å². The summed E-state index contributed by atoms with van der Waals surface area (Å²) in [5.41, 5.74) is 0. The Labute approximate surface area is 94.5 Å². The molecule has 0 saturated carbocycles. The van der Waals surface area contributed by atoms with Crippen molar-refractivity contribution in [2.24, 2.45) is 0 Å². The fourth-order valence-electron chi connectivity index (χ4n) is 0.906. The highest BCUT2D eigenvalue weighted by molar-refractivity contribution is 7.99. The van der Waals surface area contributed by atoms with E-state index in [2.05, 4.69) is 10.1 Å². The summed E-state index contributed by atoms with van der Waals surface area (Å²) in [6, 6.07) is 0. The van der Waals surface area contributed by atoms with Gasteiger partial charge in [-0.1, -0.05) is 25.9 Å². The standard InChI is InChI=1S/C10H18N2O2S/c1-6(2)10-11-9(12-14-10)5-15-8(4)7(3)13/h6-8,13H,5H2,1-4H3. The molecule has 0 aromatic carbocycles. The van der Waals surface area contributed by atoms with Crippen LogP contribution < -0.4 is 0 Å². The molecule has 0 fully saturated rings. The van der Waals surface area contributed by atoms with Gasteiger partial charge in [-0.25, -0.2) is 0 Å². The first-order valence-corrected chi connectivity index (χ1v) is 6.17. The predicted octanol–water partition coefficient (Wildman–Crippen LogP) is 2.20. The second-order valence-corrected chi connectivity index (χ2v) is 5.33. The quantitative estimate of drug-likeness (QED) is 0.840. The third kappa shape index (κ3) is 3.83. The first kappa shape index (κ1) is 12.5. The lowest BCUT2D eigenvalue weighted by molar-refractivity contribution is 0.196. The minimum Gasteiger partial charge on any atom is -0.392 e. The summed E-state index contributed by atoms with van der Waals surface area (Å²) in [6.07, 6.45) is -0.313. The number of rotatable bonds is 5. The Morgan fingerprint density at radius 3 is 2.47 bits per heavy atom. The number of nitrogens with zero attached hydrogens (tertiary/aromatic N) is 2. The molecule has 1 aromatic heterocycles. The van der Waals surface area contributed by atoms with Gasteiger partial charge in [0.05, 0.1) is 11.9 Å². The lowest BCUT2D eigenvalue weighted by Gasteiger charge is -2.11. The Hall–Kier alpha value is -0.550. The van der Waals surface area contributed by atoms with E-state index < -0.39 is 0 Å². The average Bonchev–Trinajstić information content (AvgIpc) is 2.62. The summed E-state index contributed by atoms with van der Waals surface area (Å²) >= 11 is 1.63. The molecule has 1 aromatic rings. The molecule has 1 heterocycles. The molecular weight excluding hydrogens is 212 g/mol. The van der Waals surface area contributed by atoms with Crippen molar-refractivity contribution in [2.75, 3.05) is 0 Å². The van der Waals surface area contributed by atoms with Crippen LogP contribution in [0.4, 0.5) is 0 Å². The number of hydrogen-bond acceptors (Lipinski definition) is 5. The van der Waals surface area contributed by atoms with Crippen molar-refractivity contribution in [3.05, 3.63) is 11.7 Å². The first-order valence-electron chi connectivity index (χ1n) is 5.13. The number of aromatic nitrogens is 2. The van der Waals surface area contributed by atoms with Gasteiger partial charge < -0.3 is 9.63 Å². The van der Waals surface area contributed by atoms with E-state index in [-0.39, 0.29) is 17.3 Å². The van der Waals surface area contributed by atoms with Gasteiger partial charge in [-0.15, -0.1) is 11.8 Å². The largest absolute Gasteiger partial charge is 0.392 e. The van der Waals surface area contributed by atoms with Crippen LogP contribution >= 0.6 is 11.8 Å². The predicted molar refractivity (Wildman–Crippen MR) is 60.8 cm³/mol. The molecular formula is C10H18N2O2S. The molecule has 2 unspecified atom stereocenters. The molecule has 1 rings (SSSR count). The second kappa shape index (κ2) is 5.51. The molecule has 0 aliphatic carbocycles. The molecule has 0 saturated heterocycles. The molecule has 0 spiro atoms. The van der Waals surface area contributed by atoms with E-state index in [9.17, 15) is 5.11 Å². The van der Waals surface area contributed by atoms with Gasteiger partial charge in [0.15, 0.2) is 5.82 Å². The van der Waals surface area contributed by atoms with Crippen molar-refractivity contribution in [1.82, 2.24) is 10.1 Å². The van der Waals surface area contributed by atoms with Crippen LogP contribution in [0.3, 0.4) is 0 Å². The maximum absolute atomic E-state index is 9.31. The van der Waals surface area contributed by atoms with Gasteiger partial charge in [0.1, 0.15) is 0 Å². The highest BCUT2D eigenvalue weighted by atomic mass is 32.2. The summed E-state index contributed by atoms with van der Waals surface area (Å²) < 4.78 is 5.08. The number of aliphatic hydroxyl groups is 1. The van der Waals surface area contributed by atoms with Crippen molar-refractivity contribution < 1.29 is 9.63 Å². The molecule has 0 radical (unpaired) electrons. The Bertz CT molecular complexity index is 299. The molecule has 0 aliphatic heterocycles. The van der Waals surface area contributed by atoms with E-state index >= 15 is 0 Å². The van der Waals surface area contributed by atoms with E-state index in [0.717, 1.165) is 0 Å². The number of hydrogen-bond donors (Lipinski definition) is 1. The zero-order valence-electron chi connectivity index (χ0n) is 9.60. The molecule has 86 valence electrons. The molecule has 0 bridgehead atoms.